The third-order valence-corrected chi connectivity index (χ3v) is 6.34. The summed E-state index contributed by atoms with van der Waals surface area (Å²) in [7, 11) is 1.97. The van der Waals surface area contributed by atoms with Crippen LogP contribution in [0.5, 0.6) is 0 Å². The van der Waals surface area contributed by atoms with Crippen molar-refractivity contribution in [2.24, 2.45) is 0 Å². The molecule has 0 N–H and O–H groups in total. The lowest BCUT2D eigenvalue weighted by Gasteiger charge is -2.38. The van der Waals surface area contributed by atoms with Crippen LogP contribution in [0.15, 0.2) is 40.9 Å². The Balaban J connectivity index is 1.52. The van der Waals surface area contributed by atoms with Gasteiger partial charge in [0.05, 0.1) is 29.2 Å². The molecule has 0 bridgehead atoms. The van der Waals surface area contributed by atoms with E-state index in [9.17, 15) is 18.0 Å². The summed E-state index contributed by atoms with van der Waals surface area (Å²) in [4.78, 5) is 22.3. The van der Waals surface area contributed by atoms with Crippen molar-refractivity contribution in [1.82, 2.24) is 20.1 Å². The summed E-state index contributed by atoms with van der Waals surface area (Å²) in [6.07, 6.45) is 1.15. The van der Waals surface area contributed by atoms with Crippen LogP contribution in [-0.2, 0) is 11.3 Å². The van der Waals surface area contributed by atoms with E-state index in [0.717, 1.165) is 38.2 Å². The van der Waals surface area contributed by atoms with Crippen LogP contribution in [0.2, 0.25) is 0 Å². The van der Waals surface area contributed by atoms with E-state index < -0.39 is 18.1 Å². The van der Waals surface area contributed by atoms with Crippen LogP contribution in [-0.4, -0.2) is 59.2 Å². The van der Waals surface area contributed by atoms with Crippen LogP contribution in [0.1, 0.15) is 37.8 Å². The Morgan fingerprint density at radius 2 is 1.94 bits per heavy atom. The Bertz CT molecular complexity index is 1130. The van der Waals surface area contributed by atoms with Crippen molar-refractivity contribution in [3.05, 3.63) is 53.9 Å². The van der Waals surface area contributed by atoms with Gasteiger partial charge >= 0.3 is 6.43 Å². The number of rotatable bonds is 9. The van der Waals surface area contributed by atoms with Gasteiger partial charge in [-0.15, -0.1) is 10.2 Å². The average molecular weight is 489 g/mol. The number of anilines is 2. The van der Waals surface area contributed by atoms with E-state index in [0.29, 0.717) is 23.4 Å². The van der Waals surface area contributed by atoms with Gasteiger partial charge in [-0.25, -0.2) is 4.39 Å². The molecule has 3 heterocycles. The maximum atomic E-state index is 14.2. The Morgan fingerprint density at radius 1 is 1.17 bits per heavy atom. The van der Waals surface area contributed by atoms with E-state index in [1.165, 1.54) is 23.2 Å². The predicted octanol–water partition coefficient (Wildman–Crippen LogP) is 4.29. The van der Waals surface area contributed by atoms with Crippen molar-refractivity contribution in [3.8, 4) is 11.5 Å². The van der Waals surface area contributed by atoms with Gasteiger partial charge in [0.1, 0.15) is 5.82 Å². The molecule has 1 aromatic carbocycles. The predicted molar refractivity (Wildman–Crippen MR) is 125 cm³/mol. The number of pyridine rings is 1. The maximum absolute atomic E-state index is 14.2. The molecule has 11 heteroatoms. The number of hydrogen-bond acceptors (Lipinski definition) is 7. The fraction of sp³-hybridized carbons (Fsp3) is 0.417. The highest BCUT2D eigenvalue weighted by Gasteiger charge is 2.25. The molecule has 35 heavy (non-hydrogen) atoms. The molecule has 4 rings (SSSR count). The quantitative estimate of drug-likeness (QED) is 0.416. The van der Waals surface area contributed by atoms with Crippen molar-refractivity contribution in [3.63, 3.8) is 0 Å². The molecule has 1 fully saturated rings. The molecule has 1 aliphatic rings. The first-order valence-electron chi connectivity index (χ1n) is 11.4. The number of carbonyl (C=O) groups is 1. The van der Waals surface area contributed by atoms with Crippen molar-refractivity contribution in [1.29, 1.82) is 0 Å². The molecule has 8 nitrogen and oxygen atoms in total. The van der Waals surface area contributed by atoms with Gasteiger partial charge in [-0.05, 0) is 49.7 Å². The number of carbonyl (C=O) groups excluding carboxylic acids is 1. The zero-order valence-electron chi connectivity index (χ0n) is 19.6. The molecule has 2 aromatic heterocycles. The summed E-state index contributed by atoms with van der Waals surface area (Å²) >= 11 is 0. The van der Waals surface area contributed by atoms with Gasteiger partial charge in [0.15, 0.2) is 0 Å². The number of piperidine rings is 1. The Hall–Kier alpha value is -3.47. The van der Waals surface area contributed by atoms with Gasteiger partial charge in [0.2, 0.25) is 12.3 Å². The SMILES string of the molecule is CCN1CCC(N(C)c2ccc(F)cc2N(C=O)Cc2ccc(-c3nnc(C(F)F)o3)cn2)CC1. The molecular formula is C24H27F3N6O2. The lowest BCUT2D eigenvalue weighted by Crippen LogP contribution is -2.43. The normalized spacial score (nSPS) is 14.9. The number of halogens is 3. The summed E-state index contributed by atoms with van der Waals surface area (Å²) in [5.74, 6) is -1.28. The third-order valence-electron chi connectivity index (χ3n) is 6.34. The number of benzene rings is 1. The lowest BCUT2D eigenvalue weighted by molar-refractivity contribution is -0.107. The van der Waals surface area contributed by atoms with Crippen LogP contribution >= 0.6 is 0 Å². The van der Waals surface area contributed by atoms with Gasteiger partial charge in [0, 0.05) is 32.4 Å². The number of aromatic nitrogens is 3. The molecule has 1 saturated heterocycles. The monoisotopic (exact) mass is 488 g/mol. The number of likely N-dealkylation sites (tertiary alicyclic amines) is 1. The zero-order chi connectivity index (χ0) is 24.9. The molecule has 0 spiro atoms. The first kappa shape index (κ1) is 24.6. The second kappa shape index (κ2) is 10.9. The van der Waals surface area contributed by atoms with Gasteiger partial charge < -0.3 is 19.1 Å². The first-order chi connectivity index (χ1) is 16.9. The number of amides is 1. The standard InChI is InChI=1S/C24H27F3N6O2/c1-3-32-10-8-19(9-11-32)31(2)20-7-5-17(25)12-21(20)33(15-34)14-18-6-4-16(13-28-18)23-29-30-24(35-23)22(26)27/h4-7,12-13,15,19,22H,3,8-11,14H2,1-2H3. The fourth-order valence-corrected chi connectivity index (χ4v) is 4.28. The Morgan fingerprint density at radius 3 is 2.54 bits per heavy atom. The third kappa shape index (κ3) is 5.61. The smallest absolute Gasteiger partial charge is 0.314 e. The van der Waals surface area contributed by atoms with Crippen molar-refractivity contribution < 1.29 is 22.4 Å². The van der Waals surface area contributed by atoms with Crippen LogP contribution in [0.3, 0.4) is 0 Å². The minimum atomic E-state index is -2.86. The molecule has 1 aliphatic heterocycles. The molecule has 1 amide bonds. The lowest BCUT2D eigenvalue weighted by atomic mass is 10.0. The second-order valence-corrected chi connectivity index (χ2v) is 8.43. The zero-order valence-corrected chi connectivity index (χ0v) is 19.6. The Kier molecular flexibility index (Phi) is 7.64. The van der Waals surface area contributed by atoms with Gasteiger partial charge in [-0.3, -0.25) is 9.78 Å². The molecule has 0 atom stereocenters. The maximum Gasteiger partial charge on any atom is 0.314 e. The van der Waals surface area contributed by atoms with Gasteiger partial charge in [-0.1, -0.05) is 6.92 Å². The summed E-state index contributed by atoms with van der Waals surface area (Å²) in [6.45, 7) is 5.24. The first-order valence-corrected chi connectivity index (χ1v) is 11.4. The molecule has 0 saturated carbocycles. The van der Waals surface area contributed by atoms with Gasteiger partial charge in [-0.2, -0.15) is 8.78 Å². The van der Waals surface area contributed by atoms with E-state index in [-0.39, 0.29) is 18.5 Å². The van der Waals surface area contributed by atoms with Crippen molar-refractivity contribution >= 4 is 17.8 Å². The highest BCUT2D eigenvalue weighted by atomic mass is 19.3. The second-order valence-electron chi connectivity index (χ2n) is 8.43. The molecule has 0 unspecified atom stereocenters. The minimum absolute atomic E-state index is 0.0743. The van der Waals surface area contributed by atoms with Crippen LogP contribution < -0.4 is 9.80 Å². The average Bonchev–Trinajstić information content (AvgIpc) is 3.38. The van der Waals surface area contributed by atoms with E-state index in [1.807, 2.05) is 7.05 Å². The molecule has 3 aromatic rings. The largest absolute Gasteiger partial charge is 0.415 e. The summed E-state index contributed by atoms with van der Waals surface area (Å²) in [6, 6.07) is 7.93. The molecule has 186 valence electrons. The van der Waals surface area contributed by atoms with E-state index in [2.05, 4.69) is 31.9 Å². The summed E-state index contributed by atoms with van der Waals surface area (Å²) in [5.41, 5.74) is 2.10. The topological polar surface area (TPSA) is 78.6 Å². The van der Waals surface area contributed by atoms with Crippen molar-refractivity contribution in [2.45, 2.75) is 38.8 Å². The summed E-state index contributed by atoms with van der Waals surface area (Å²) in [5, 5.41) is 6.91. The number of hydrogen-bond donors (Lipinski definition) is 0. The Labute approximate surface area is 201 Å². The van der Waals surface area contributed by atoms with Crippen LogP contribution in [0.4, 0.5) is 24.5 Å². The van der Waals surface area contributed by atoms with Crippen LogP contribution in [0, 0.1) is 5.82 Å². The highest BCUT2D eigenvalue weighted by Crippen LogP contribution is 2.33. The van der Waals surface area contributed by atoms with E-state index in [1.54, 1.807) is 18.2 Å². The fourth-order valence-electron chi connectivity index (χ4n) is 4.28. The highest BCUT2D eigenvalue weighted by molar-refractivity contribution is 5.84. The number of nitrogens with zero attached hydrogens (tertiary/aromatic N) is 6. The van der Waals surface area contributed by atoms with Crippen molar-refractivity contribution in [2.75, 3.05) is 36.5 Å². The number of alkyl halides is 2. The molecule has 0 radical (unpaired) electrons. The molecular weight excluding hydrogens is 461 g/mol. The van der Waals surface area contributed by atoms with Gasteiger partial charge in [0.25, 0.3) is 5.89 Å². The molecule has 0 aliphatic carbocycles. The van der Waals surface area contributed by atoms with Crippen LogP contribution in [0.25, 0.3) is 11.5 Å². The minimum Gasteiger partial charge on any atom is -0.415 e. The van der Waals surface area contributed by atoms with E-state index >= 15 is 0 Å². The summed E-state index contributed by atoms with van der Waals surface area (Å²) < 4.78 is 44.5. The van der Waals surface area contributed by atoms with E-state index in [4.69, 9.17) is 4.42 Å².